The number of amides is 1. The lowest BCUT2D eigenvalue weighted by Gasteiger charge is -2.25. The maximum Gasteiger partial charge on any atom is 0.264 e. The molecule has 9 nitrogen and oxygen atoms in total. The van der Waals surface area contributed by atoms with Crippen molar-refractivity contribution in [3.05, 3.63) is 52.9 Å². The second-order valence-electron chi connectivity index (χ2n) is 8.27. The largest absolute Gasteiger partial charge is 0.491 e. The van der Waals surface area contributed by atoms with Crippen LogP contribution in [0.4, 0.5) is 0 Å². The molecule has 0 spiro atoms. The normalized spacial score (nSPS) is 14.0. The first-order valence-corrected chi connectivity index (χ1v) is 11.5. The molecule has 0 fully saturated rings. The molecule has 1 aromatic carbocycles. The number of aryl methyl sites for hydroxylation is 1. The summed E-state index contributed by atoms with van der Waals surface area (Å²) >= 11 is 0. The number of carbonyl (C=O) groups excluding carboxylic acids is 1. The fraction of sp³-hybridized carbons (Fsp3) is 0.429. The van der Waals surface area contributed by atoms with Gasteiger partial charge in [-0.15, -0.1) is 0 Å². The lowest BCUT2D eigenvalue weighted by atomic mass is 10.1. The summed E-state index contributed by atoms with van der Waals surface area (Å²) in [4.78, 5) is 24.4. The second kappa shape index (κ2) is 9.21. The quantitative estimate of drug-likeness (QED) is 0.386. The Kier molecular flexibility index (Phi) is 7.30. The zero-order valence-electron chi connectivity index (χ0n) is 18.0. The summed E-state index contributed by atoms with van der Waals surface area (Å²) in [5.74, 6) is -0.465. The molecule has 0 aliphatic rings. The van der Waals surface area contributed by atoms with Crippen molar-refractivity contribution in [1.82, 2.24) is 10.0 Å². The maximum atomic E-state index is 12.5. The average molecular weight is 453 g/mol. The highest BCUT2D eigenvalue weighted by atomic mass is 32.2. The first-order chi connectivity index (χ1) is 14.3. The van der Waals surface area contributed by atoms with Crippen molar-refractivity contribution in [3.8, 4) is 16.9 Å². The Labute approximate surface area is 181 Å². The smallest absolute Gasteiger partial charge is 0.264 e. The molecule has 0 radical (unpaired) electrons. The molecule has 170 valence electrons. The lowest BCUT2D eigenvalue weighted by Crippen LogP contribution is -2.49. The summed E-state index contributed by atoms with van der Waals surface area (Å²) < 4.78 is 29.0. The van der Waals surface area contributed by atoms with Crippen molar-refractivity contribution in [2.24, 2.45) is 0 Å². The van der Waals surface area contributed by atoms with Gasteiger partial charge in [0.2, 0.25) is 0 Å². The highest BCUT2D eigenvalue weighted by Gasteiger charge is 2.43. The third-order valence-electron chi connectivity index (χ3n) is 5.01. The summed E-state index contributed by atoms with van der Waals surface area (Å²) in [6.45, 7) is 4.61. The van der Waals surface area contributed by atoms with Gasteiger partial charge in [0.15, 0.2) is 14.6 Å². The van der Waals surface area contributed by atoms with Crippen LogP contribution < -0.4 is 15.8 Å². The van der Waals surface area contributed by atoms with E-state index in [9.17, 15) is 23.1 Å². The standard InChI is InChI=1S/C21H28N2O7S/c1-20(2,26)14-30-17-7-5-15(6-8-17)16-9-11-23(18(24)13-16)12-10-21(3,19(25)22-27)31(4,28)29/h5-9,11,13,26-27H,10,12,14H2,1-4H3,(H,22,25). The van der Waals surface area contributed by atoms with Gasteiger partial charge in [0.05, 0.1) is 5.60 Å². The van der Waals surface area contributed by atoms with Crippen molar-refractivity contribution >= 4 is 15.7 Å². The van der Waals surface area contributed by atoms with Crippen LogP contribution >= 0.6 is 0 Å². The number of aliphatic hydroxyl groups is 1. The molecule has 31 heavy (non-hydrogen) atoms. The number of nitrogens with one attached hydrogen (secondary N) is 1. The Morgan fingerprint density at radius 1 is 1.13 bits per heavy atom. The first-order valence-electron chi connectivity index (χ1n) is 9.57. The van der Waals surface area contributed by atoms with Crippen LogP contribution in [0, 0.1) is 0 Å². The van der Waals surface area contributed by atoms with Crippen LogP contribution in [0.5, 0.6) is 5.75 Å². The molecule has 10 heteroatoms. The van der Waals surface area contributed by atoms with Crippen LogP contribution in [0.3, 0.4) is 0 Å². The van der Waals surface area contributed by atoms with Gasteiger partial charge >= 0.3 is 0 Å². The molecule has 2 rings (SSSR count). The molecule has 1 amide bonds. The van der Waals surface area contributed by atoms with Crippen molar-refractivity contribution in [2.45, 2.75) is 44.1 Å². The molecule has 1 heterocycles. The molecule has 3 N–H and O–H groups in total. The summed E-state index contributed by atoms with van der Waals surface area (Å²) in [6.07, 6.45) is 2.24. The minimum atomic E-state index is -3.84. The predicted octanol–water partition coefficient (Wildman–Crippen LogP) is 1.36. The molecule has 0 saturated heterocycles. The van der Waals surface area contributed by atoms with E-state index < -0.39 is 26.1 Å². The number of pyridine rings is 1. The molecular weight excluding hydrogens is 424 g/mol. The van der Waals surface area contributed by atoms with Gasteiger partial charge in [0.1, 0.15) is 12.4 Å². The molecule has 0 saturated carbocycles. The van der Waals surface area contributed by atoms with Crippen LogP contribution in [0.15, 0.2) is 47.4 Å². The van der Waals surface area contributed by atoms with Crippen LogP contribution in [-0.2, 0) is 21.2 Å². The monoisotopic (exact) mass is 452 g/mol. The first kappa shape index (κ1) is 24.6. The van der Waals surface area contributed by atoms with Crippen LogP contribution in [0.2, 0.25) is 0 Å². The van der Waals surface area contributed by atoms with Crippen molar-refractivity contribution < 1.29 is 28.3 Å². The molecule has 1 aromatic heterocycles. The summed E-state index contributed by atoms with van der Waals surface area (Å²) in [5.41, 5.74) is 1.51. The van der Waals surface area contributed by atoms with Gasteiger partial charge in [-0.3, -0.25) is 14.8 Å². The van der Waals surface area contributed by atoms with Gasteiger partial charge < -0.3 is 14.4 Å². The number of benzene rings is 1. The Morgan fingerprint density at radius 2 is 1.74 bits per heavy atom. The summed E-state index contributed by atoms with van der Waals surface area (Å²) in [7, 11) is -3.84. The second-order valence-corrected chi connectivity index (χ2v) is 10.7. The lowest BCUT2D eigenvalue weighted by molar-refractivity contribution is -0.131. The van der Waals surface area contributed by atoms with E-state index in [1.165, 1.54) is 29.2 Å². The van der Waals surface area contributed by atoms with Crippen LogP contribution in [0.1, 0.15) is 27.2 Å². The predicted molar refractivity (Wildman–Crippen MR) is 116 cm³/mol. The average Bonchev–Trinajstić information content (AvgIpc) is 2.69. The number of ether oxygens (including phenoxy) is 1. The van der Waals surface area contributed by atoms with E-state index in [0.717, 1.165) is 11.8 Å². The molecule has 1 atom stereocenters. The molecule has 0 aliphatic heterocycles. The molecule has 0 bridgehead atoms. The maximum absolute atomic E-state index is 12.5. The highest BCUT2D eigenvalue weighted by molar-refractivity contribution is 7.92. The number of nitrogens with zero attached hydrogens (tertiary/aromatic N) is 1. The Balaban J connectivity index is 2.17. The number of aromatic nitrogens is 1. The Hall–Kier alpha value is -2.69. The number of rotatable bonds is 9. The molecule has 2 aromatic rings. The zero-order valence-corrected chi connectivity index (χ0v) is 18.8. The van der Waals surface area contributed by atoms with Gasteiger partial charge in [-0.25, -0.2) is 13.9 Å². The van der Waals surface area contributed by atoms with Gasteiger partial charge in [-0.05, 0) is 56.5 Å². The van der Waals surface area contributed by atoms with Crippen LogP contribution in [-0.4, -0.2) is 52.4 Å². The van der Waals surface area contributed by atoms with E-state index in [4.69, 9.17) is 9.94 Å². The van der Waals surface area contributed by atoms with Gasteiger partial charge in [-0.1, -0.05) is 12.1 Å². The number of hydroxylamine groups is 1. The zero-order chi connectivity index (χ0) is 23.4. The third kappa shape index (κ3) is 6.16. The van der Waals surface area contributed by atoms with E-state index in [2.05, 4.69) is 0 Å². The number of carbonyl (C=O) groups is 1. The Morgan fingerprint density at radius 3 is 2.23 bits per heavy atom. The number of hydrogen-bond acceptors (Lipinski definition) is 7. The summed E-state index contributed by atoms with van der Waals surface area (Å²) in [6, 6.07) is 10.2. The van der Waals surface area contributed by atoms with Crippen molar-refractivity contribution in [3.63, 3.8) is 0 Å². The van der Waals surface area contributed by atoms with Gasteiger partial charge in [0.25, 0.3) is 11.5 Å². The molecule has 1 unspecified atom stereocenters. The molecular formula is C21H28N2O7S. The van der Waals surface area contributed by atoms with E-state index in [0.29, 0.717) is 11.3 Å². The van der Waals surface area contributed by atoms with Crippen molar-refractivity contribution in [1.29, 1.82) is 0 Å². The fourth-order valence-electron chi connectivity index (χ4n) is 2.79. The highest BCUT2D eigenvalue weighted by Crippen LogP contribution is 2.24. The molecule has 0 aliphatic carbocycles. The Bertz CT molecular complexity index is 1090. The minimum absolute atomic E-state index is 0.0279. The van der Waals surface area contributed by atoms with Crippen LogP contribution in [0.25, 0.3) is 11.1 Å². The van der Waals surface area contributed by atoms with Crippen molar-refractivity contribution in [2.75, 3.05) is 12.9 Å². The van der Waals surface area contributed by atoms with Gasteiger partial charge in [-0.2, -0.15) is 0 Å². The van der Waals surface area contributed by atoms with E-state index in [1.807, 2.05) is 0 Å². The van der Waals surface area contributed by atoms with E-state index in [1.54, 1.807) is 44.2 Å². The number of sulfone groups is 1. The topological polar surface area (TPSA) is 135 Å². The minimum Gasteiger partial charge on any atom is -0.491 e. The van der Waals surface area contributed by atoms with Gasteiger partial charge in [0, 0.05) is 25.1 Å². The fourth-order valence-corrected chi connectivity index (χ4v) is 3.64. The summed E-state index contributed by atoms with van der Waals surface area (Å²) in [5, 5.41) is 18.6. The third-order valence-corrected chi connectivity index (χ3v) is 7.03. The van der Waals surface area contributed by atoms with E-state index >= 15 is 0 Å². The van der Waals surface area contributed by atoms with E-state index in [-0.39, 0.29) is 25.1 Å². The number of hydrogen-bond donors (Lipinski definition) is 3. The SMILES string of the molecule is CC(C)(O)COc1ccc(-c2ccn(CCC(C)(C(=O)NO)S(C)(=O)=O)c(=O)c2)cc1.